The topological polar surface area (TPSA) is 72.5 Å². The Labute approximate surface area is 128 Å². The third kappa shape index (κ3) is 1.67. The van der Waals surface area contributed by atoms with E-state index >= 15 is 0 Å². The Balaban J connectivity index is 2.19. The fourth-order valence-electron chi connectivity index (χ4n) is 4.13. The minimum absolute atomic E-state index is 0.0786. The van der Waals surface area contributed by atoms with Crippen molar-refractivity contribution < 1.29 is 13.9 Å². The Morgan fingerprint density at radius 1 is 1.05 bits per heavy atom. The van der Waals surface area contributed by atoms with Gasteiger partial charge >= 0.3 is 0 Å². The zero-order valence-electron chi connectivity index (χ0n) is 13.0. The molecule has 1 aliphatic rings. The molecule has 4 nitrogen and oxygen atoms in total. The number of aromatic hydroxyl groups is 1. The number of phenolic OH excluding ortho intramolecular Hbond substituents is 1. The molecule has 1 fully saturated rings. The van der Waals surface area contributed by atoms with Gasteiger partial charge in [-0.1, -0.05) is 12.8 Å². The highest BCUT2D eigenvalue weighted by molar-refractivity contribution is 6.05. The summed E-state index contributed by atoms with van der Waals surface area (Å²) in [5, 5.41) is 12.3. The van der Waals surface area contributed by atoms with Gasteiger partial charge < -0.3 is 19.7 Å². The first-order valence-corrected chi connectivity index (χ1v) is 7.91. The smallest absolute Gasteiger partial charge is 0.177 e. The fourth-order valence-corrected chi connectivity index (χ4v) is 4.13. The maximum absolute atomic E-state index is 10.6. The van der Waals surface area contributed by atoms with Crippen LogP contribution in [-0.2, 0) is 5.41 Å². The molecule has 0 radical (unpaired) electrons. The van der Waals surface area contributed by atoms with Gasteiger partial charge in [-0.15, -0.1) is 0 Å². The molecule has 0 bridgehead atoms. The van der Waals surface area contributed by atoms with Crippen LogP contribution in [0.1, 0.15) is 42.8 Å². The Morgan fingerprint density at radius 3 is 2.27 bits per heavy atom. The first kappa shape index (κ1) is 13.7. The van der Waals surface area contributed by atoms with Crippen LogP contribution in [0.2, 0.25) is 0 Å². The van der Waals surface area contributed by atoms with Gasteiger partial charge in [0.25, 0.3) is 0 Å². The van der Waals surface area contributed by atoms with Gasteiger partial charge in [0.1, 0.15) is 17.1 Å². The van der Waals surface area contributed by atoms with E-state index in [0.717, 1.165) is 46.3 Å². The number of fused-ring (bicyclic) bond motifs is 2. The minimum Gasteiger partial charge on any atom is -0.504 e. The van der Waals surface area contributed by atoms with E-state index in [4.69, 9.17) is 14.6 Å². The molecule has 1 saturated carbocycles. The summed E-state index contributed by atoms with van der Waals surface area (Å²) in [6, 6.07) is 3.88. The largest absolute Gasteiger partial charge is 0.504 e. The van der Waals surface area contributed by atoms with Crippen LogP contribution >= 0.6 is 0 Å². The molecule has 22 heavy (non-hydrogen) atoms. The zero-order chi connectivity index (χ0) is 15.5. The monoisotopic (exact) mass is 299 g/mol. The second-order valence-corrected chi connectivity index (χ2v) is 6.61. The van der Waals surface area contributed by atoms with Crippen molar-refractivity contribution in [1.29, 1.82) is 0 Å². The lowest BCUT2D eigenvalue weighted by molar-refractivity contribution is 0.446. The molecule has 4 rings (SSSR count). The Hall–Kier alpha value is -1.94. The molecule has 0 unspecified atom stereocenters. The van der Waals surface area contributed by atoms with Gasteiger partial charge in [-0.3, -0.25) is 0 Å². The molecule has 1 aliphatic carbocycles. The summed E-state index contributed by atoms with van der Waals surface area (Å²) in [5.74, 6) is 1.76. The van der Waals surface area contributed by atoms with E-state index in [9.17, 15) is 5.11 Å². The summed E-state index contributed by atoms with van der Waals surface area (Å²) in [4.78, 5) is 0. The van der Waals surface area contributed by atoms with Crippen LogP contribution in [-0.4, -0.2) is 11.7 Å². The maximum Gasteiger partial charge on any atom is 0.177 e. The molecule has 3 N–H and O–H groups in total. The lowest BCUT2D eigenvalue weighted by atomic mass is 9.76. The van der Waals surface area contributed by atoms with Crippen molar-refractivity contribution in [2.45, 2.75) is 44.9 Å². The highest BCUT2D eigenvalue weighted by atomic mass is 16.4. The van der Waals surface area contributed by atoms with Crippen molar-refractivity contribution >= 4 is 21.9 Å². The third-order valence-electron chi connectivity index (χ3n) is 5.16. The van der Waals surface area contributed by atoms with E-state index in [1.54, 1.807) is 0 Å². The van der Waals surface area contributed by atoms with Crippen molar-refractivity contribution in [2.75, 3.05) is 6.54 Å². The van der Waals surface area contributed by atoms with Crippen LogP contribution < -0.4 is 5.73 Å². The highest BCUT2D eigenvalue weighted by Gasteiger charge is 2.39. The van der Waals surface area contributed by atoms with Gasteiger partial charge in [0.15, 0.2) is 11.3 Å². The molecule has 2 aromatic heterocycles. The van der Waals surface area contributed by atoms with Gasteiger partial charge in [0.05, 0.1) is 5.39 Å². The molecule has 0 aliphatic heterocycles. The highest BCUT2D eigenvalue weighted by Crippen LogP contribution is 2.50. The predicted molar refractivity (Wildman–Crippen MR) is 86.3 cm³/mol. The van der Waals surface area contributed by atoms with Crippen molar-refractivity contribution in [3.8, 4) is 5.75 Å². The number of rotatable bonds is 2. The number of nitrogens with two attached hydrogens (primary N) is 1. The normalized spacial score (nSPS) is 17.8. The molecule has 4 heteroatoms. The fraction of sp³-hybridized carbons (Fsp3) is 0.444. The molecule has 0 spiro atoms. The van der Waals surface area contributed by atoms with E-state index in [2.05, 4.69) is 0 Å². The number of furan rings is 2. The SMILES string of the molecule is Cc1cc2c(C3(CN)CCCC3)c3oc(C)cc3c(O)c2o1. The van der Waals surface area contributed by atoms with Crippen molar-refractivity contribution in [1.82, 2.24) is 0 Å². The Bertz CT molecular complexity index is 808. The van der Waals surface area contributed by atoms with Crippen molar-refractivity contribution in [3.05, 3.63) is 29.2 Å². The van der Waals surface area contributed by atoms with Crippen LogP contribution in [0.3, 0.4) is 0 Å². The van der Waals surface area contributed by atoms with Crippen molar-refractivity contribution in [3.63, 3.8) is 0 Å². The van der Waals surface area contributed by atoms with E-state index in [1.165, 1.54) is 12.8 Å². The average Bonchev–Trinajstić information content (AvgIpc) is 3.18. The van der Waals surface area contributed by atoms with Crippen LogP contribution in [0.4, 0.5) is 0 Å². The van der Waals surface area contributed by atoms with Gasteiger partial charge in [-0.05, 0) is 38.8 Å². The third-order valence-corrected chi connectivity index (χ3v) is 5.16. The summed E-state index contributed by atoms with van der Waals surface area (Å²) in [5.41, 5.74) is 8.58. The van der Waals surface area contributed by atoms with E-state index in [1.807, 2.05) is 26.0 Å². The summed E-state index contributed by atoms with van der Waals surface area (Å²) >= 11 is 0. The summed E-state index contributed by atoms with van der Waals surface area (Å²) in [6.07, 6.45) is 4.47. The Kier molecular flexibility index (Phi) is 2.82. The molecule has 0 atom stereocenters. The number of hydrogen-bond donors (Lipinski definition) is 2. The first-order valence-electron chi connectivity index (χ1n) is 7.91. The van der Waals surface area contributed by atoms with E-state index in [0.29, 0.717) is 12.1 Å². The molecule has 2 heterocycles. The number of benzene rings is 1. The number of phenols is 1. The molecule has 1 aromatic carbocycles. The average molecular weight is 299 g/mol. The molecule has 0 amide bonds. The summed E-state index contributed by atoms with van der Waals surface area (Å²) < 4.78 is 11.8. The van der Waals surface area contributed by atoms with Crippen molar-refractivity contribution in [2.24, 2.45) is 5.73 Å². The van der Waals surface area contributed by atoms with Crippen LogP contribution in [0.5, 0.6) is 5.75 Å². The van der Waals surface area contributed by atoms with Gasteiger partial charge in [0.2, 0.25) is 0 Å². The zero-order valence-corrected chi connectivity index (χ0v) is 13.0. The van der Waals surface area contributed by atoms with Gasteiger partial charge in [0, 0.05) is 22.9 Å². The van der Waals surface area contributed by atoms with Crippen LogP contribution in [0.25, 0.3) is 21.9 Å². The predicted octanol–water partition coefficient (Wildman–Crippen LogP) is 4.27. The quantitative estimate of drug-likeness (QED) is 0.741. The standard InChI is InChI=1S/C18H21NO3/c1-10-7-12-14(18(9-19)5-3-4-6-18)16-13(8-11(2)21-16)15(20)17(12)22-10/h7-8,20H,3-6,9,19H2,1-2H3. The lowest BCUT2D eigenvalue weighted by Gasteiger charge is -2.28. The maximum atomic E-state index is 10.6. The van der Waals surface area contributed by atoms with Gasteiger partial charge in [-0.2, -0.15) is 0 Å². The number of hydrogen-bond acceptors (Lipinski definition) is 4. The van der Waals surface area contributed by atoms with E-state index in [-0.39, 0.29) is 11.2 Å². The molecular weight excluding hydrogens is 278 g/mol. The van der Waals surface area contributed by atoms with Crippen LogP contribution in [0.15, 0.2) is 21.0 Å². The first-order chi connectivity index (χ1) is 10.6. The molecular formula is C18H21NO3. The Morgan fingerprint density at radius 2 is 1.64 bits per heavy atom. The molecule has 3 aromatic rings. The second kappa shape index (κ2) is 4.53. The minimum atomic E-state index is -0.0786. The molecule has 0 saturated heterocycles. The van der Waals surface area contributed by atoms with Gasteiger partial charge in [-0.25, -0.2) is 0 Å². The number of aryl methyl sites for hydroxylation is 2. The summed E-state index contributed by atoms with van der Waals surface area (Å²) in [6.45, 7) is 4.39. The summed E-state index contributed by atoms with van der Waals surface area (Å²) in [7, 11) is 0. The molecule has 116 valence electrons. The second-order valence-electron chi connectivity index (χ2n) is 6.61. The van der Waals surface area contributed by atoms with Crippen LogP contribution in [0, 0.1) is 13.8 Å². The lowest BCUT2D eigenvalue weighted by Crippen LogP contribution is -2.32. The van der Waals surface area contributed by atoms with E-state index < -0.39 is 0 Å².